The molecule has 23 heavy (non-hydrogen) atoms. The molecule has 1 N–H and O–H groups in total. The average molecular weight is 342 g/mol. The molecule has 0 bridgehead atoms. The number of nitrogens with one attached hydrogen (secondary N) is 1. The zero-order valence-corrected chi connectivity index (χ0v) is 14.7. The SMILES string of the molecule is COc1cc(OC)c(OC)cc1CNC(C)Cn1cccn1.Cl. The maximum atomic E-state index is 5.43. The lowest BCUT2D eigenvalue weighted by Gasteiger charge is -2.17. The van der Waals surface area contributed by atoms with Crippen molar-refractivity contribution in [3.05, 3.63) is 36.2 Å². The minimum atomic E-state index is 0. The number of methoxy groups -OCH3 is 3. The smallest absolute Gasteiger partial charge is 0.164 e. The van der Waals surface area contributed by atoms with E-state index < -0.39 is 0 Å². The summed E-state index contributed by atoms with van der Waals surface area (Å²) < 4.78 is 18.0. The van der Waals surface area contributed by atoms with Gasteiger partial charge >= 0.3 is 0 Å². The third-order valence-electron chi connectivity index (χ3n) is 3.45. The summed E-state index contributed by atoms with van der Waals surface area (Å²) in [5, 5.41) is 7.67. The number of rotatable bonds is 8. The summed E-state index contributed by atoms with van der Waals surface area (Å²) in [5.74, 6) is 2.13. The molecule has 2 aromatic rings. The fourth-order valence-corrected chi connectivity index (χ4v) is 2.27. The van der Waals surface area contributed by atoms with E-state index in [4.69, 9.17) is 14.2 Å². The zero-order chi connectivity index (χ0) is 15.9. The van der Waals surface area contributed by atoms with Crippen LogP contribution >= 0.6 is 12.4 Å². The first-order valence-corrected chi connectivity index (χ1v) is 7.17. The Kier molecular flexibility index (Phi) is 7.71. The van der Waals surface area contributed by atoms with Crippen molar-refractivity contribution in [2.75, 3.05) is 21.3 Å². The molecule has 0 aliphatic rings. The number of aromatic nitrogens is 2. The van der Waals surface area contributed by atoms with Gasteiger partial charge in [-0.25, -0.2) is 0 Å². The van der Waals surface area contributed by atoms with Gasteiger partial charge in [0.05, 0.1) is 27.9 Å². The van der Waals surface area contributed by atoms with Crippen LogP contribution in [0.2, 0.25) is 0 Å². The summed E-state index contributed by atoms with van der Waals surface area (Å²) in [6, 6.07) is 5.97. The molecule has 1 aromatic heterocycles. The highest BCUT2D eigenvalue weighted by molar-refractivity contribution is 5.85. The predicted octanol–water partition coefficient (Wildman–Crippen LogP) is 2.51. The van der Waals surface area contributed by atoms with Gasteiger partial charge in [-0.1, -0.05) is 0 Å². The van der Waals surface area contributed by atoms with Gasteiger partial charge in [-0.3, -0.25) is 4.68 Å². The Morgan fingerprint density at radius 1 is 1.09 bits per heavy atom. The van der Waals surface area contributed by atoms with E-state index in [1.165, 1.54) is 0 Å². The summed E-state index contributed by atoms with van der Waals surface area (Å²) >= 11 is 0. The molecular formula is C16H24ClN3O3. The molecule has 1 aromatic carbocycles. The van der Waals surface area contributed by atoms with E-state index in [0.717, 1.165) is 17.9 Å². The Labute approximate surface area is 143 Å². The molecule has 0 saturated carbocycles. The summed E-state index contributed by atoms with van der Waals surface area (Å²) in [5.41, 5.74) is 1.02. The number of benzene rings is 1. The molecule has 1 atom stereocenters. The van der Waals surface area contributed by atoms with Crippen molar-refractivity contribution in [2.45, 2.75) is 26.1 Å². The maximum absolute atomic E-state index is 5.43. The first-order chi connectivity index (χ1) is 10.7. The van der Waals surface area contributed by atoms with Crippen LogP contribution in [0.4, 0.5) is 0 Å². The molecule has 2 rings (SSSR count). The van der Waals surface area contributed by atoms with Gasteiger partial charge in [0.25, 0.3) is 0 Å². The largest absolute Gasteiger partial charge is 0.496 e. The van der Waals surface area contributed by atoms with Gasteiger partial charge in [0, 0.05) is 36.6 Å². The lowest BCUT2D eigenvalue weighted by molar-refractivity contribution is 0.346. The van der Waals surface area contributed by atoms with Crippen molar-refractivity contribution in [3.8, 4) is 17.2 Å². The number of nitrogens with zero attached hydrogens (tertiary/aromatic N) is 2. The maximum Gasteiger partial charge on any atom is 0.164 e. The number of hydrogen-bond donors (Lipinski definition) is 1. The molecule has 0 aliphatic carbocycles. The summed E-state index contributed by atoms with van der Waals surface area (Å²) in [6.45, 7) is 3.60. The van der Waals surface area contributed by atoms with Crippen molar-refractivity contribution < 1.29 is 14.2 Å². The normalized spacial score (nSPS) is 11.5. The molecule has 7 heteroatoms. The van der Waals surface area contributed by atoms with E-state index in [-0.39, 0.29) is 18.4 Å². The molecule has 6 nitrogen and oxygen atoms in total. The van der Waals surface area contributed by atoms with E-state index in [0.29, 0.717) is 18.0 Å². The number of halogens is 1. The molecule has 1 heterocycles. The van der Waals surface area contributed by atoms with Crippen LogP contribution < -0.4 is 19.5 Å². The Morgan fingerprint density at radius 3 is 2.30 bits per heavy atom. The first kappa shape index (κ1) is 19.1. The highest BCUT2D eigenvalue weighted by Crippen LogP contribution is 2.34. The molecule has 0 aliphatic heterocycles. The van der Waals surface area contributed by atoms with Crippen LogP contribution in [0.3, 0.4) is 0 Å². The van der Waals surface area contributed by atoms with Crippen molar-refractivity contribution >= 4 is 12.4 Å². The molecule has 0 radical (unpaired) electrons. The molecule has 1 unspecified atom stereocenters. The van der Waals surface area contributed by atoms with Crippen LogP contribution in [0.1, 0.15) is 12.5 Å². The van der Waals surface area contributed by atoms with Gasteiger partial charge in [-0.05, 0) is 19.1 Å². The van der Waals surface area contributed by atoms with Gasteiger partial charge < -0.3 is 19.5 Å². The van der Waals surface area contributed by atoms with Crippen LogP contribution in [0.25, 0.3) is 0 Å². The molecule has 0 fully saturated rings. The number of hydrogen-bond acceptors (Lipinski definition) is 5. The van der Waals surface area contributed by atoms with Crippen molar-refractivity contribution in [1.82, 2.24) is 15.1 Å². The van der Waals surface area contributed by atoms with Gasteiger partial charge in [0.2, 0.25) is 0 Å². The highest BCUT2D eigenvalue weighted by atomic mass is 35.5. The number of ether oxygens (including phenoxy) is 3. The summed E-state index contributed by atoms with van der Waals surface area (Å²) in [4.78, 5) is 0. The van der Waals surface area contributed by atoms with Crippen LogP contribution in [0.5, 0.6) is 17.2 Å². The summed E-state index contributed by atoms with van der Waals surface area (Å²) in [6.07, 6.45) is 3.74. The van der Waals surface area contributed by atoms with Crippen LogP contribution in [0, 0.1) is 0 Å². The van der Waals surface area contributed by atoms with Crippen LogP contribution in [-0.2, 0) is 13.1 Å². The Morgan fingerprint density at radius 2 is 1.74 bits per heavy atom. The van der Waals surface area contributed by atoms with Crippen LogP contribution in [0.15, 0.2) is 30.6 Å². The van der Waals surface area contributed by atoms with Crippen LogP contribution in [-0.4, -0.2) is 37.2 Å². The van der Waals surface area contributed by atoms with Gasteiger partial charge in [-0.2, -0.15) is 5.10 Å². The van der Waals surface area contributed by atoms with E-state index in [1.54, 1.807) is 27.5 Å². The van der Waals surface area contributed by atoms with Crippen molar-refractivity contribution in [1.29, 1.82) is 0 Å². The fraction of sp³-hybridized carbons (Fsp3) is 0.438. The second kappa shape index (κ2) is 9.27. The van der Waals surface area contributed by atoms with Crippen molar-refractivity contribution in [2.24, 2.45) is 0 Å². The molecule has 0 amide bonds. The van der Waals surface area contributed by atoms with Gasteiger partial charge in [0.15, 0.2) is 11.5 Å². The van der Waals surface area contributed by atoms with E-state index in [1.807, 2.05) is 29.1 Å². The third-order valence-corrected chi connectivity index (χ3v) is 3.45. The molecule has 0 spiro atoms. The first-order valence-electron chi connectivity index (χ1n) is 7.17. The standard InChI is InChI=1S/C16H23N3O3.ClH/c1-12(11-19-7-5-6-18-19)17-10-13-8-15(21-3)16(22-4)9-14(13)20-2;/h5-9,12,17H,10-11H2,1-4H3;1H. The Balaban J connectivity index is 0.00000264. The lowest BCUT2D eigenvalue weighted by atomic mass is 10.1. The van der Waals surface area contributed by atoms with E-state index in [9.17, 15) is 0 Å². The van der Waals surface area contributed by atoms with Crippen molar-refractivity contribution in [3.63, 3.8) is 0 Å². The minimum absolute atomic E-state index is 0. The second-order valence-corrected chi connectivity index (χ2v) is 5.03. The lowest BCUT2D eigenvalue weighted by Crippen LogP contribution is -2.30. The predicted molar refractivity (Wildman–Crippen MR) is 91.9 cm³/mol. The minimum Gasteiger partial charge on any atom is -0.496 e. The quantitative estimate of drug-likeness (QED) is 0.799. The summed E-state index contributed by atoms with van der Waals surface area (Å²) in [7, 11) is 4.89. The van der Waals surface area contributed by atoms with Gasteiger partial charge in [0.1, 0.15) is 5.75 Å². The third kappa shape index (κ3) is 5.04. The monoisotopic (exact) mass is 341 g/mol. The average Bonchev–Trinajstić information content (AvgIpc) is 3.04. The van der Waals surface area contributed by atoms with E-state index >= 15 is 0 Å². The Hall–Kier alpha value is -1.92. The second-order valence-electron chi connectivity index (χ2n) is 5.03. The van der Waals surface area contributed by atoms with E-state index in [2.05, 4.69) is 17.3 Å². The Bertz CT molecular complexity index is 591. The molecular weight excluding hydrogens is 318 g/mol. The molecule has 0 saturated heterocycles. The highest BCUT2D eigenvalue weighted by Gasteiger charge is 2.12. The topological polar surface area (TPSA) is 57.5 Å². The van der Waals surface area contributed by atoms with Gasteiger partial charge in [-0.15, -0.1) is 12.4 Å². The zero-order valence-electron chi connectivity index (χ0n) is 13.9. The molecule has 128 valence electrons. The fourth-order valence-electron chi connectivity index (χ4n) is 2.27.